The third-order valence-corrected chi connectivity index (χ3v) is 14.8. The Hall–Kier alpha value is -4.43. The molecule has 1 aromatic carbocycles. The normalized spacial score (nSPS) is 33.3. The highest BCUT2D eigenvalue weighted by Gasteiger charge is 2.58. The van der Waals surface area contributed by atoms with Crippen molar-refractivity contribution in [1.29, 1.82) is 0 Å². The summed E-state index contributed by atoms with van der Waals surface area (Å²) in [5.41, 5.74) is 47.8. The molecule has 27 nitrogen and oxygen atoms in total. The smallest absolute Gasteiger partial charge is 0.187 e. The molecule has 3 saturated heterocycles. The lowest BCUT2D eigenvalue weighted by molar-refractivity contribution is -0.312. The van der Waals surface area contributed by atoms with Gasteiger partial charge in [-0.2, -0.15) is 0 Å². The summed E-state index contributed by atoms with van der Waals surface area (Å²) in [6.07, 6.45) is -9.60. The number of azide groups is 4. The predicted octanol–water partition coefficient (Wildman–Crippen LogP) is 9.31. The van der Waals surface area contributed by atoms with Crippen molar-refractivity contribution in [2.45, 2.75) is 254 Å². The lowest BCUT2D eigenvalue weighted by atomic mass is 9.83. The zero-order valence-corrected chi connectivity index (χ0v) is 48.1. The van der Waals surface area contributed by atoms with Gasteiger partial charge in [-0.15, -0.1) is 0 Å². The van der Waals surface area contributed by atoms with Crippen LogP contribution in [0.3, 0.4) is 0 Å². The molecule has 3 heterocycles. The Morgan fingerprint density at radius 3 is 1.60 bits per heavy atom. The van der Waals surface area contributed by atoms with Gasteiger partial charge >= 0.3 is 0 Å². The molecule has 27 heteroatoms. The maximum Gasteiger partial charge on any atom is 0.187 e. The van der Waals surface area contributed by atoms with Crippen LogP contribution in [0.15, 0.2) is 50.8 Å². The van der Waals surface area contributed by atoms with E-state index in [4.69, 9.17) is 62.6 Å². The summed E-state index contributed by atoms with van der Waals surface area (Å²) in [7, 11) is 0. The van der Waals surface area contributed by atoms with Gasteiger partial charge in [-0.25, -0.2) is 0 Å². The van der Waals surface area contributed by atoms with Crippen LogP contribution in [0.25, 0.3) is 41.8 Å². The van der Waals surface area contributed by atoms with E-state index in [1.54, 1.807) is 0 Å². The van der Waals surface area contributed by atoms with Gasteiger partial charge < -0.3 is 72.5 Å². The van der Waals surface area contributed by atoms with Crippen LogP contribution in [0, 0.1) is 0 Å². The van der Waals surface area contributed by atoms with Crippen LogP contribution in [0.1, 0.15) is 131 Å². The van der Waals surface area contributed by atoms with E-state index in [0.717, 1.165) is 56.9 Å². The number of carbonyl (C=O) groups excluding carboxylic acids is 1. The first-order chi connectivity index (χ1) is 39.6. The molecule has 20 unspecified atom stereocenters. The maximum atomic E-state index is 13.0. The number of ether oxygens (including phenoxy) is 12. The fourth-order valence-corrected chi connectivity index (χ4v) is 10.4. The molecule has 3 aliphatic heterocycles. The molecule has 0 bridgehead atoms. The van der Waals surface area contributed by atoms with Gasteiger partial charge in [-0.1, -0.05) is 131 Å². The molecule has 4 fully saturated rings. The van der Waals surface area contributed by atoms with Crippen LogP contribution in [0.2, 0.25) is 0 Å². The van der Waals surface area contributed by atoms with Crippen LogP contribution in [-0.4, -0.2) is 180 Å². The first-order valence-corrected chi connectivity index (χ1v) is 29.3. The Bertz CT molecular complexity index is 2140. The standard InChI is InChI=1S/C54H89N13O14/c1-7-13-24-70-42-35(61-65-57)31-36(62-66-58)43(78-53-41(63-67-59)48(74-28-17-11-5)46(39(33-68)77-53)72-26-15-9-3)49(42)81-54-51(75-29-18-12-6)50(44(79-54)37(69)30-34-22-20-19-21-23-34)80-52-40(55)47(73-27-16-10-4)45(71-25-14-8-2)38(76-52)32-60-64-56/h19-23,33,35-54,69H,7-18,24-32,55H2,1-6H3. The highest BCUT2D eigenvalue weighted by molar-refractivity contribution is 5.58. The van der Waals surface area contributed by atoms with Crippen molar-refractivity contribution < 1.29 is 66.7 Å². The van der Waals surface area contributed by atoms with Gasteiger partial charge in [0.25, 0.3) is 0 Å². The molecule has 4 aliphatic rings. The quantitative estimate of drug-likeness (QED) is 0.0204. The first kappa shape index (κ1) is 67.4. The van der Waals surface area contributed by atoms with Crippen molar-refractivity contribution in [2.75, 3.05) is 46.2 Å². The number of rotatable bonds is 39. The van der Waals surface area contributed by atoms with Crippen LogP contribution in [0.4, 0.5) is 0 Å². The fraction of sp³-hybridized carbons (Fsp3) is 0.870. The lowest BCUT2D eigenvalue weighted by Crippen LogP contribution is -2.65. The van der Waals surface area contributed by atoms with Crippen LogP contribution in [-0.2, 0) is 68.1 Å². The summed E-state index contributed by atoms with van der Waals surface area (Å²) in [5.74, 6) is 0. The van der Waals surface area contributed by atoms with Gasteiger partial charge in [0.15, 0.2) is 25.2 Å². The summed E-state index contributed by atoms with van der Waals surface area (Å²) < 4.78 is 80.0. The lowest BCUT2D eigenvalue weighted by Gasteiger charge is -2.48. The fourth-order valence-electron chi connectivity index (χ4n) is 10.4. The Morgan fingerprint density at radius 2 is 1.06 bits per heavy atom. The van der Waals surface area contributed by atoms with Crippen molar-refractivity contribution in [2.24, 2.45) is 26.2 Å². The van der Waals surface area contributed by atoms with E-state index in [1.165, 1.54) is 0 Å². The summed E-state index contributed by atoms with van der Waals surface area (Å²) in [6.45, 7) is 13.4. The van der Waals surface area contributed by atoms with Gasteiger partial charge in [-0.3, -0.25) is 0 Å². The number of benzene rings is 1. The molecule has 3 N–H and O–H groups in total. The highest BCUT2D eigenvalue weighted by atomic mass is 16.8. The van der Waals surface area contributed by atoms with E-state index in [1.807, 2.05) is 71.9 Å². The number of aliphatic hydroxyl groups excluding tert-OH is 1. The molecule has 454 valence electrons. The van der Waals surface area contributed by atoms with E-state index >= 15 is 0 Å². The number of nitrogens with two attached hydrogens (primary N) is 1. The summed E-state index contributed by atoms with van der Waals surface area (Å²) >= 11 is 0. The predicted molar refractivity (Wildman–Crippen MR) is 296 cm³/mol. The van der Waals surface area contributed by atoms with Gasteiger partial charge in [-0.05, 0) is 72.6 Å². The molecule has 0 aromatic heterocycles. The van der Waals surface area contributed by atoms with Crippen molar-refractivity contribution in [3.8, 4) is 0 Å². The van der Waals surface area contributed by atoms with Gasteiger partial charge in [0.2, 0.25) is 0 Å². The Kier molecular flexibility index (Phi) is 31.4. The molecule has 20 atom stereocenters. The molecule has 1 saturated carbocycles. The van der Waals surface area contributed by atoms with Gasteiger partial charge in [0.05, 0.1) is 49.1 Å². The summed E-state index contributed by atoms with van der Waals surface area (Å²) in [5, 5.41) is 28.8. The molecule has 1 aromatic rings. The van der Waals surface area contributed by atoms with E-state index < -0.39 is 122 Å². The van der Waals surface area contributed by atoms with Crippen LogP contribution in [0.5, 0.6) is 0 Å². The molecule has 1 aliphatic carbocycles. The molecule has 0 amide bonds. The minimum Gasteiger partial charge on any atom is -0.390 e. The van der Waals surface area contributed by atoms with Gasteiger partial charge in [0.1, 0.15) is 61.0 Å². The van der Waals surface area contributed by atoms with Crippen molar-refractivity contribution in [3.63, 3.8) is 0 Å². The SMILES string of the molecule is CCCCOC1C(N=[N+]=[N-])CC(N=[N+]=[N-])C(OC2OC(C=O)C(OCCCC)C(OCCCC)C2N=[N+]=[N-])C1OC1OC(C(O)Cc2ccccc2)C(OC2OC(CN=[N+]=[N-])C(OCCCC)C(OCCCC)C2N)C1OCCCC. The number of aliphatic hydroxyl groups is 1. The first-order valence-electron chi connectivity index (χ1n) is 29.3. The third-order valence-electron chi connectivity index (χ3n) is 14.8. The number of carbonyl (C=O) groups is 1. The second kappa shape index (κ2) is 37.7. The average molecular weight is 1140 g/mol. The molecular weight excluding hydrogens is 1050 g/mol. The maximum absolute atomic E-state index is 13.0. The van der Waals surface area contributed by atoms with E-state index in [9.17, 15) is 32.0 Å². The van der Waals surface area contributed by atoms with Crippen molar-refractivity contribution >= 4 is 6.29 Å². The number of hydrogen-bond acceptors (Lipinski definition) is 19. The van der Waals surface area contributed by atoms with E-state index in [0.29, 0.717) is 45.2 Å². The Morgan fingerprint density at radius 1 is 0.568 bits per heavy atom. The van der Waals surface area contributed by atoms with E-state index in [-0.39, 0.29) is 45.8 Å². The minimum absolute atomic E-state index is 0.0884. The second-order valence-electron chi connectivity index (χ2n) is 20.8. The van der Waals surface area contributed by atoms with Gasteiger partial charge in [0, 0.05) is 65.7 Å². The monoisotopic (exact) mass is 1140 g/mol. The number of unbranched alkanes of at least 4 members (excludes halogenated alkanes) is 6. The Balaban J connectivity index is 1.67. The topological polar surface area (TPSA) is 369 Å². The Labute approximate surface area is 475 Å². The molecule has 5 rings (SSSR count). The van der Waals surface area contributed by atoms with Crippen LogP contribution >= 0.6 is 0 Å². The second-order valence-corrected chi connectivity index (χ2v) is 20.8. The molecule has 0 radical (unpaired) electrons. The zero-order valence-electron chi connectivity index (χ0n) is 48.1. The number of aldehydes is 1. The summed E-state index contributed by atoms with van der Waals surface area (Å²) in [4.78, 5) is 25.6. The molecule has 81 heavy (non-hydrogen) atoms. The van der Waals surface area contributed by atoms with Crippen molar-refractivity contribution in [3.05, 3.63) is 77.7 Å². The number of hydrogen-bond donors (Lipinski definition) is 2. The average Bonchev–Trinajstić information content (AvgIpc) is 3.88. The number of nitrogens with zero attached hydrogens (tertiary/aromatic N) is 12. The zero-order chi connectivity index (χ0) is 58.4. The third kappa shape index (κ3) is 19.6. The van der Waals surface area contributed by atoms with E-state index in [2.05, 4.69) is 40.1 Å². The highest BCUT2D eigenvalue weighted by Crippen LogP contribution is 2.41. The minimum atomic E-state index is -1.54. The molecular formula is C54H89N13O14. The largest absolute Gasteiger partial charge is 0.390 e. The van der Waals surface area contributed by atoms with Crippen molar-refractivity contribution in [1.82, 2.24) is 0 Å². The van der Waals surface area contributed by atoms with Crippen LogP contribution < -0.4 is 5.73 Å². The summed E-state index contributed by atoms with van der Waals surface area (Å²) in [6, 6.07) is 4.83. The molecule has 0 spiro atoms.